The third-order valence-electron chi connectivity index (χ3n) is 4.92. The fourth-order valence-electron chi connectivity index (χ4n) is 3.41. The van der Waals surface area contributed by atoms with Gasteiger partial charge in [-0.05, 0) is 43.1 Å². The number of carbonyl (C=O) groups excluding carboxylic acids is 2. The Hall–Kier alpha value is -3.29. The fraction of sp³-hybridized carbons (Fsp3) is 0.200. The van der Waals surface area contributed by atoms with Gasteiger partial charge in [-0.2, -0.15) is 0 Å². The van der Waals surface area contributed by atoms with Crippen molar-refractivity contribution in [2.75, 3.05) is 37.6 Å². The van der Waals surface area contributed by atoms with Crippen molar-refractivity contribution < 1.29 is 14.3 Å². The second kappa shape index (κ2) is 11.4. The van der Waals surface area contributed by atoms with Crippen molar-refractivity contribution in [2.24, 2.45) is 0 Å². The molecule has 3 aromatic carbocycles. The Morgan fingerprint density at radius 2 is 1.69 bits per heavy atom. The van der Waals surface area contributed by atoms with Gasteiger partial charge >= 0.3 is 0 Å². The fourth-order valence-corrected chi connectivity index (χ4v) is 3.96. The standard InChI is InChI=1S/C25H27N3O3S/c1-28(17-23(29)27-21-14-7-8-15-22(21)32-3)24(18-10-5-4-6-11-18)25(30)26-19-12-9-13-20(16-19)31-2/h4-16,24H,17H2,1-3H3,(H,26,30)(H,27,29). The molecule has 0 radical (unpaired) electrons. The SMILES string of the molecule is COc1cccc(NC(=O)C(c2ccccc2)N(C)CC(=O)Nc2ccccc2SC)c1. The van der Waals surface area contributed by atoms with Gasteiger partial charge in [0.1, 0.15) is 11.8 Å². The van der Waals surface area contributed by atoms with E-state index in [1.807, 2.05) is 73.0 Å². The molecule has 0 aliphatic heterocycles. The van der Waals surface area contributed by atoms with E-state index in [1.54, 1.807) is 43.0 Å². The Bertz CT molecular complexity index is 1060. The zero-order chi connectivity index (χ0) is 22.9. The summed E-state index contributed by atoms with van der Waals surface area (Å²) in [6.45, 7) is 0.0494. The third kappa shape index (κ3) is 6.12. The van der Waals surface area contributed by atoms with Crippen LogP contribution in [0.4, 0.5) is 11.4 Å². The number of methoxy groups -OCH3 is 1. The van der Waals surface area contributed by atoms with Gasteiger partial charge in [-0.15, -0.1) is 11.8 Å². The van der Waals surface area contributed by atoms with Crippen molar-refractivity contribution >= 4 is 35.0 Å². The molecular formula is C25H27N3O3S. The quantitative estimate of drug-likeness (QED) is 0.465. The van der Waals surface area contributed by atoms with Crippen LogP contribution in [0.1, 0.15) is 11.6 Å². The normalized spacial score (nSPS) is 11.6. The van der Waals surface area contributed by atoms with Crippen LogP contribution in [0.15, 0.2) is 83.8 Å². The minimum absolute atomic E-state index is 0.0494. The molecule has 6 nitrogen and oxygen atoms in total. The van der Waals surface area contributed by atoms with E-state index in [1.165, 1.54) is 0 Å². The van der Waals surface area contributed by atoms with Gasteiger partial charge < -0.3 is 15.4 Å². The maximum atomic E-state index is 13.3. The molecule has 0 aliphatic rings. The molecule has 32 heavy (non-hydrogen) atoms. The van der Waals surface area contributed by atoms with E-state index in [0.29, 0.717) is 11.4 Å². The maximum Gasteiger partial charge on any atom is 0.246 e. The third-order valence-corrected chi connectivity index (χ3v) is 5.71. The summed E-state index contributed by atoms with van der Waals surface area (Å²) in [6.07, 6.45) is 1.96. The summed E-state index contributed by atoms with van der Waals surface area (Å²) >= 11 is 1.57. The van der Waals surface area contributed by atoms with Crippen LogP contribution in [0.2, 0.25) is 0 Å². The molecule has 1 atom stereocenters. The predicted octanol–water partition coefficient (Wildman–Crippen LogP) is 4.67. The van der Waals surface area contributed by atoms with Crippen LogP contribution in [0.5, 0.6) is 5.75 Å². The lowest BCUT2D eigenvalue weighted by Gasteiger charge is -2.27. The summed E-state index contributed by atoms with van der Waals surface area (Å²) in [7, 11) is 3.35. The summed E-state index contributed by atoms with van der Waals surface area (Å²) < 4.78 is 5.24. The summed E-state index contributed by atoms with van der Waals surface area (Å²) in [5.74, 6) is 0.229. The molecule has 0 bridgehead atoms. The highest BCUT2D eigenvalue weighted by molar-refractivity contribution is 7.98. The Kier molecular flexibility index (Phi) is 8.30. The van der Waals surface area contributed by atoms with E-state index < -0.39 is 6.04 Å². The van der Waals surface area contributed by atoms with Gasteiger partial charge in [0.05, 0.1) is 19.3 Å². The molecule has 0 aromatic heterocycles. The molecule has 0 fully saturated rings. The summed E-state index contributed by atoms with van der Waals surface area (Å²) in [5, 5.41) is 5.89. The average Bonchev–Trinajstić information content (AvgIpc) is 2.80. The Balaban J connectivity index is 1.77. The Morgan fingerprint density at radius 3 is 2.41 bits per heavy atom. The van der Waals surface area contributed by atoms with E-state index in [4.69, 9.17) is 4.74 Å². The summed E-state index contributed by atoms with van der Waals surface area (Å²) in [5.41, 5.74) is 2.19. The van der Waals surface area contributed by atoms with Crippen LogP contribution in [0.3, 0.4) is 0 Å². The van der Waals surface area contributed by atoms with Crippen molar-refractivity contribution in [1.29, 1.82) is 0 Å². The number of rotatable bonds is 9. The van der Waals surface area contributed by atoms with Gasteiger partial charge in [-0.1, -0.05) is 48.5 Å². The number of carbonyl (C=O) groups is 2. The predicted molar refractivity (Wildman–Crippen MR) is 130 cm³/mol. The molecule has 166 valence electrons. The summed E-state index contributed by atoms with van der Waals surface area (Å²) in [6, 6.07) is 23.6. The molecular weight excluding hydrogens is 422 g/mol. The van der Waals surface area contributed by atoms with Crippen LogP contribution in [-0.2, 0) is 9.59 Å². The largest absolute Gasteiger partial charge is 0.497 e. The van der Waals surface area contributed by atoms with Gasteiger partial charge in [0.25, 0.3) is 0 Å². The van der Waals surface area contributed by atoms with E-state index in [9.17, 15) is 9.59 Å². The Morgan fingerprint density at radius 1 is 0.969 bits per heavy atom. The van der Waals surface area contributed by atoms with E-state index in [-0.39, 0.29) is 18.4 Å². The lowest BCUT2D eigenvalue weighted by atomic mass is 10.0. The molecule has 2 N–H and O–H groups in total. The van der Waals surface area contributed by atoms with Gasteiger partial charge in [0.15, 0.2) is 0 Å². The number of benzene rings is 3. The first-order valence-corrected chi connectivity index (χ1v) is 11.4. The van der Waals surface area contributed by atoms with Crippen molar-refractivity contribution in [2.45, 2.75) is 10.9 Å². The van der Waals surface area contributed by atoms with Crippen molar-refractivity contribution in [1.82, 2.24) is 4.90 Å². The Labute approximate surface area is 193 Å². The first kappa shape index (κ1) is 23.4. The first-order valence-electron chi connectivity index (χ1n) is 10.1. The van der Waals surface area contributed by atoms with Crippen LogP contribution in [0, 0.1) is 0 Å². The number of para-hydroxylation sites is 1. The van der Waals surface area contributed by atoms with Crippen molar-refractivity contribution in [3.63, 3.8) is 0 Å². The van der Waals surface area contributed by atoms with Gasteiger partial charge in [0, 0.05) is 16.6 Å². The number of ether oxygens (including phenoxy) is 1. The van der Waals surface area contributed by atoms with Crippen LogP contribution in [0.25, 0.3) is 0 Å². The highest BCUT2D eigenvalue weighted by Crippen LogP contribution is 2.26. The zero-order valence-corrected chi connectivity index (χ0v) is 19.2. The van der Waals surface area contributed by atoms with Gasteiger partial charge in [-0.3, -0.25) is 14.5 Å². The van der Waals surface area contributed by atoms with Crippen LogP contribution < -0.4 is 15.4 Å². The number of hydrogen-bond donors (Lipinski definition) is 2. The van der Waals surface area contributed by atoms with Crippen molar-refractivity contribution in [3.05, 3.63) is 84.4 Å². The molecule has 0 aliphatic carbocycles. The van der Waals surface area contributed by atoms with Crippen molar-refractivity contribution in [3.8, 4) is 5.75 Å². The molecule has 2 amide bonds. The second-order valence-corrected chi connectivity index (χ2v) is 8.05. The molecule has 3 aromatic rings. The smallest absolute Gasteiger partial charge is 0.246 e. The molecule has 0 saturated carbocycles. The minimum atomic E-state index is -0.649. The number of thioether (sulfide) groups is 1. The van der Waals surface area contributed by atoms with Crippen LogP contribution >= 0.6 is 11.8 Å². The maximum absolute atomic E-state index is 13.3. The molecule has 0 saturated heterocycles. The first-order chi connectivity index (χ1) is 15.5. The number of hydrogen-bond acceptors (Lipinski definition) is 5. The van der Waals surface area contributed by atoms with E-state index >= 15 is 0 Å². The van der Waals surface area contributed by atoms with Crippen LogP contribution in [-0.4, -0.2) is 43.7 Å². The lowest BCUT2D eigenvalue weighted by Crippen LogP contribution is -2.39. The number of likely N-dealkylation sites (N-methyl/N-ethyl adjacent to an activating group) is 1. The lowest BCUT2D eigenvalue weighted by molar-refractivity contribution is -0.123. The number of amides is 2. The molecule has 7 heteroatoms. The second-order valence-electron chi connectivity index (χ2n) is 7.20. The number of nitrogens with zero attached hydrogens (tertiary/aromatic N) is 1. The van der Waals surface area contributed by atoms with Gasteiger partial charge in [0.2, 0.25) is 11.8 Å². The average molecular weight is 450 g/mol. The highest BCUT2D eigenvalue weighted by atomic mass is 32.2. The van der Waals surface area contributed by atoms with E-state index in [0.717, 1.165) is 16.1 Å². The molecule has 0 heterocycles. The molecule has 3 rings (SSSR count). The minimum Gasteiger partial charge on any atom is -0.497 e. The highest BCUT2D eigenvalue weighted by Gasteiger charge is 2.27. The monoisotopic (exact) mass is 449 g/mol. The number of nitrogens with one attached hydrogen (secondary N) is 2. The topological polar surface area (TPSA) is 70.7 Å². The zero-order valence-electron chi connectivity index (χ0n) is 18.4. The molecule has 1 unspecified atom stereocenters. The molecule has 0 spiro atoms. The van der Waals surface area contributed by atoms with E-state index in [2.05, 4.69) is 10.6 Å². The number of anilines is 2. The van der Waals surface area contributed by atoms with Gasteiger partial charge in [-0.25, -0.2) is 0 Å². The summed E-state index contributed by atoms with van der Waals surface area (Å²) in [4.78, 5) is 28.8.